The van der Waals surface area contributed by atoms with Crippen molar-refractivity contribution in [1.29, 1.82) is 0 Å². The molecule has 0 radical (unpaired) electrons. The van der Waals surface area contributed by atoms with Gasteiger partial charge < -0.3 is 10.0 Å². The van der Waals surface area contributed by atoms with Gasteiger partial charge in [0.25, 0.3) is 5.91 Å². The molecule has 1 aliphatic heterocycles. The number of amides is 1. The quantitative estimate of drug-likeness (QED) is 0.784. The van der Waals surface area contributed by atoms with Gasteiger partial charge in [-0.3, -0.25) is 14.6 Å². The van der Waals surface area contributed by atoms with E-state index in [-0.39, 0.29) is 17.7 Å². The number of phenols is 1. The van der Waals surface area contributed by atoms with E-state index in [4.69, 9.17) is 0 Å². The van der Waals surface area contributed by atoms with Gasteiger partial charge in [-0.25, -0.2) is 0 Å². The van der Waals surface area contributed by atoms with E-state index in [0.717, 1.165) is 29.8 Å². The Balaban J connectivity index is 1.96. The maximum atomic E-state index is 12.7. The minimum atomic E-state index is 0.0355. The van der Waals surface area contributed by atoms with E-state index in [1.165, 1.54) is 0 Å². The van der Waals surface area contributed by atoms with Gasteiger partial charge in [0.15, 0.2) is 0 Å². The van der Waals surface area contributed by atoms with Crippen LogP contribution in [0.1, 0.15) is 55.2 Å². The number of nitrogens with zero attached hydrogens (tertiary/aromatic N) is 3. The number of carbonyl (C=O) groups is 1. The molecule has 1 unspecified atom stereocenters. The highest BCUT2D eigenvalue weighted by atomic mass is 16.3. The molecule has 0 spiro atoms. The first-order chi connectivity index (χ1) is 14.3. The minimum absolute atomic E-state index is 0.0355. The van der Waals surface area contributed by atoms with Crippen LogP contribution < -0.4 is 0 Å². The van der Waals surface area contributed by atoms with Crippen molar-refractivity contribution in [3.63, 3.8) is 0 Å². The van der Waals surface area contributed by atoms with Gasteiger partial charge in [0.2, 0.25) is 0 Å². The first-order valence-electron chi connectivity index (χ1n) is 11.0. The molecule has 0 saturated carbocycles. The summed E-state index contributed by atoms with van der Waals surface area (Å²) in [4.78, 5) is 19.5. The molecule has 1 fully saturated rings. The van der Waals surface area contributed by atoms with Crippen molar-refractivity contribution in [2.75, 3.05) is 33.2 Å². The fourth-order valence-corrected chi connectivity index (χ4v) is 4.47. The summed E-state index contributed by atoms with van der Waals surface area (Å²) in [6, 6.07) is 16.5. The van der Waals surface area contributed by atoms with Gasteiger partial charge in [-0.1, -0.05) is 24.3 Å². The number of hydrogen-bond acceptors (Lipinski definition) is 4. The monoisotopic (exact) mass is 409 g/mol. The SMILES string of the molecule is CCN(CC)C(=O)c1ccc(C(c2cccc(O)c2)N2C[C@@H](C)N(C)[C@@H](C)C2)cc1. The number of hydrogen-bond donors (Lipinski definition) is 1. The molecule has 30 heavy (non-hydrogen) atoms. The molecule has 1 heterocycles. The largest absolute Gasteiger partial charge is 0.508 e. The van der Waals surface area contributed by atoms with Crippen molar-refractivity contribution in [1.82, 2.24) is 14.7 Å². The molecule has 0 aromatic heterocycles. The highest BCUT2D eigenvalue weighted by Crippen LogP contribution is 2.33. The fourth-order valence-electron chi connectivity index (χ4n) is 4.47. The summed E-state index contributed by atoms with van der Waals surface area (Å²) in [7, 11) is 2.18. The van der Waals surface area contributed by atoms with E-state index in [9.17, 15) is 9.90 Å². The third-order valence-corrected chi connectivity index (χ3v) is 6.46. The van der Waals surface area contributed by atoms with Crippen LogP contribution in [-0.2, 0) is 0 Å². The van der Waals surface area contributed by atoms with Crippen LogP contribution in [0.15, 0.2) is 48.5 Å². The van der Waals surface area contributed by atoms with Crippen molar-refractivity contribution < 1.29 is 9.90 Å². The molecule has 5 heteroatoms. The van der Waals surface area contributed by atoms with Crippen LogP contribution in [0.2, 0.25) is 0 Å². The second kappa shape index (κ2) is 9.63. The lowest BCUT2D eigenvalue weighted by atomic mass is 9.93. The highest BCUT2D eigenvalue weighted by Gasteiger charge is 2.32. The third kappa shape index (κ3) is 4.68. The summed E-state index contributed by atoms with van der Waals surface area (Å²) >= 11 is 0. The maximum absolute atomic E-state index is 12.7. The molecule has 1 aliphatic rings. The van der Waals surface area contributed by atoms with Gasteiger partial charge in [0.05, 0.1) is 6.04 Å². The maximum Gasteiger partial charge on any atom is 0.253 e. The predicted octanol–water partition coefficient (Wildman–Crippen LogP) is 3.99. The number of piperazine rings is 1. The first-order valence-corrected chi connectivity index (χ1v) is 11.0. The molecule has 3 rings (SSSR count). The van der Waals surface area contributed by atoms with Crippen molar-refractivity contribution in [3.05, 3.63) is 65.2 Å². The summed E-state index contributed by atoms with van der Waals surface area (Å²) in [6.45, 7) is 11.8. The van der Waals surface area contributed by atoms with Crippen LogP contribution in [0.25, 0.3) is 0 Å². The molecular formula is C25H35N3O2. The molecule has 1 saturated heterocycles. The van der Waals surface area contributed by atoms with Crippen molar-refractivity contribution in [3.8, 4) is 5.75 Å². The fraction of sp³-hybridized carbons (Fsp3) is 0.480. The number of carbonyl (C=O) groups excluding carboxylic acids is 1. The minimum Gasteiger partial charge on any atom is -0.508 e. The van der Waals surface area contributed by atoms with Crippen LogP contribution in [0.5, 0.6) is 5.75 Å². The van der Waals surface area contributed by atoms with Crippen LogP contribution in [-0.4, -0.2) is 71.0 Å². The van der Waals surface area contributed by atoms with Gasteiger partial charge in [0, 0.05) is 43.8 Å². The van der Waals surface area contributed by atoms with Gasteiger partial charge in [-0.05, 0) is 70.1 Å². The zero-order chi connectivity index (χ0) is 21.8. The Morgan fingerprint density at radius 3 is 2.17 bits per heavy atom. The standard InChI is InChI=1S/C25H35N3O2/c1-6-27(7-2)25(30)21-13-11-20(12-14-21)24(22-9-8-10-23(29)15-22)28-16-18(3)26(5)19(4)17-28/h8-15,18-19,24,29H,6-7,16-17H2,1-5H3/t18-,19+,24?. The Morgan fingerprint density at radius 2 is 1.63 bits per heavy atom. The van der Waals surface area contributed by atoms with Gasteiger partial charge in [-0.2, -0.15) is 0 Å². The zero-order valence-electron chi connectivity index (χ0n) is 18.9. The summed E-state index contributed by atoms with van der Waals surface area (Å²) in [5.74, 6) is 0.350. The average Bonchev–Trinajstić information content (AvgIpc) is 2.73. The molecular weight excluding hydrogens is 374 g/mol. The summed E-state index contributed by atoms with van der Waals surface area (Å²) < 4.78 is 0. The average molecular weight is 410 g/mol. The molecule has 1 N–H and O–H groups in total. The van der Waals surface area contributed by atoms with Crippen molar-refractivity contribution in [2.45, 2.75) is 45.8 Å². The second-order valence-corrected chi connectivity index (χ2v) is 8.41. The summed E-state index contributed by atoms with van der Waals surface area (Å²) in [6.07, 6.45) is 0. The molecule has 2 aromatic carbocycles. The van der Waals surface area contributed by atoms with Gasteiger partial charge >= 0.3 is 0 Å². The topological polar surface area (TPSA) is 47.0 Å². The summed E-state index contributed by atoms with van der Waals surface area (Å²) in [5, 5.41) is 10.1. The Kier molecular flexibility index (Phi) is 7.16. The molecule has 0 bridgehead atoms. The number of phenolic OH excluding ortho intramolecular Hbond substituents is 1. The Labute approximate surface area is 180 Å². The molecule has 2 aromatic rings. The molecule has 1 amide bonds. The third-order valence-electron chi connectivity index (χ3n) is 6.46. The number of likely N-dealkylation sites (N-methyl/N-ethyl adjacent to an activating group) is 1. The van der Waals surface area contributed by atoms with Crippen molar-refractivity contribution in [2.24, 2.45) is 0 Å². The van der Waals surface area contributed by atoms with E-state index >= 15 is 0 Å². The van der Waals surface area contributed by atoms with E-state index in [2.05, 4.69) is 48.9 Å². The second-order valence-electron chi connectivity index (χ2n) is 8.41. The zero-order valence-corrected chi connectivity index (χ0v) is 18.9. The van der Waals surface area contributed by atoms with Crippen LogP contribution in [0.3, 0.4) is 0 Å². The lowest BCUT2D eigenvalue weighted by molar-refractivity contribution is 0.0427. The lowest BCUT2D eigenvalue weighted by Crippen LogP contribution is -2.55. The smallest absolute Gasteiger partial charge is 0.253 e. The van der Waals surface area contributed by atoms with E-state index in [1.54, 1.807) is 6.07 Å². The summed E-state index contributed by atoms with van der Waals surface area (Å²) in [5.41, 5.74) is 2.93. The van der Waals surface area contributed by atoms with Crippen molar-refractivity contribution >= 4 is 5.91 Å². The Bertz CT molecular complexity index is 836. The number of aromatic hydroxyl groups is 1. The molecule has 5 nitrogen and oxygen atoms in total. The van der Waals surface area contributed by atoms with Crippen LogP contribution >= 0.6 is 0 Å². The Morgan fingerprint density at radius 1 is 1.03 bits per heavy atom. The molecule has 0 aliphatic carbocycles. The normalized spacial score (nSPS) is 21.4. The number of rotatable bonds is 6. The van der Waals surface area contributed by atoms with Crippen LogP contribution in [0.4, 0.5) is 0 Å². The first kappa shape index (κ1) is 22.3. The van der Waals surface area contributed by atoms with E-state index in [1.807, 2.05) is 43.0 Å². The van der Waals surface area contributed by atoms with Gasteiger partial charge in [0.1, 0.15) is 5.75 Å². The van der Waals surface area contributed by atoms with Gasteiger partial charge in [-0.15, -0.1) is 0 Å². The Hall–Kier alpha value is -2.37. The highest BCUT2D eigenvalue weighted by molar-refractivity contribution is 5.94. The van der Waals surface area contributed by atoms with E-state index in [0.29, 0.717) is 25.2 Å². The molecule has 162 valence electrons. The predicted molar refractivity (Wildman–Crippen MR) is 122 cm³/mol. The lowest BCUT2D eigenvalue weighted by Gasteiger charge is -2.46. The van der Waals surface area contributed by atoms with E-state index < -0.39 is 0 Å². The van der Waals surface area contributed by atoms with Crippen LogP contribution in [0, 0.1) is 0 Å². The molecule has 3 atom stereocenters. The number of benzene rings is 2.